The van der Waals surface area contributed by atoms with Crippen molar-refractivity contribution in [1.29, 1.82) is 0 Å². The number of aromatic nitrogens is 2. The molecule has 3 heteroatoms. The molecular formula is C16H18N2O. The summed E-state index contributed by atoms with van der Waals surface area (Å²) in [5, 5.41) is 4.62. The monoisotopic (exact) mass is 254 g/mol. The summed E-state index contributed by atoms with van der Waals surface area (Å²) in [5.41, 5.74) is 6.00. The molecule has 0 amide bonds. The van der Waals surface area contributed by atoms with Crippen LogP contribution in [-0.4, -0.2) is 23.0 Å². The second-order valence-electron chi connectivity index (χ2n) is 4.96. The third-order valence-corrected chi connectivity index (χ3v) is 3.52. The first kappa shape index (κ1) is 12.2. The molecule has 19 heavy (non-hydrogen) atoms. The lowest BCUT2D eigenvalue weighted by Gasteiger charge is -2.13. The van der Waals surface area contributed by atoms with Crippen molar-refractivity contribution < 1.29 is 4.74 Å². The van der Waals surface area contributed by atoms with Crippen LogP contribution in [0.1, 0.15) is 17.7 Å². The van der Waals surface area contributed by atoms with Gasteiger partial charge in [-0.05, 0) is 25.0 Å². The zero-order valence-corrected chi connectivity index (χ0v) is 11.4. The average molecular weight is 254 g/mol. The Labute approximate surface area is 113 Å². The van der Waals surface area contributed by atoms with Gasteiger partial charge in [-0.1, -0.05) is 35.9 Å². The molecule has 3 rings (SSSR count). The fraction of sp³-hybridized carbons (Fsp3) is 0.312. The molecule has 1 aliphatic rings. The second-order valence-corrected chi connectivity index (χ2v) is 4.96. The lowest BCUT2D eigenvalue weighted by Crippen LogP contribution is -2.06. The molecule has 0 bridgehead atoms. The summed E-state index contributed by atoms with van der Waals surface area (Å²) in [5.74, 6) is 0. The minimum absolute atomic E-state index is 0.709. The summed E-state index contributed by atoms with van der Waals surface area (Å²) < 4.78 is 7.32. The Hall–Kier alpha value is -1.87. The van der Waals surface area contributed by atoms with Gasteiger partial charge in [0, 0.05) is 12.6 Å². The van der Waals surface area contributed by atoms with Gasteiger partial charge in [0.25, 0.3) is 0 Å². The van der Waals surface area contributed by atoms with Gasteiger partial charge in [0.2, 0.25) is 0 Å². The van der Waals surface area contributed by atoms with E-state index in [1.54, 1.807) is 0 Å². The van der Waals surface area contributed by atoms with Crippen LogP contribution < -0.4 is 0 Å². The molecule has 0 atom stereocenters. The van der Waals surface area contributed by atoms with E-state index in [-0.39, 0.29) is 0 Å². The highest BCUT2D eigenvalue weighted by atomic mass is 16.5. The zero-order chi connectivity index (χ0) is 13.2. The topological polar surface area (TPSA) is 27.1 Å². The van der Waals surface area contributed by atoms with E-state index in [0.29, 0.717) is 6.61 Å². The van der Waals surface area contributed by atoms with E-state index in [1.807, 2.05) is 11.7 Å². The van der Waals surface area contributed by atoms with Crippen LogP contribution >= 0.6 is 0 Å². The second kappa shape index (κ2) is 5.02. The molecule has 3 nitrogen and oxygen atoms in total. The van der Waals surface area contributed by atoms with Crippen molar-refractivity contribution in [3.8, 4) is 11.3 Å². The van der Waals surface area contributed by atoms with E-state index in [4.69, 9.17) is 4.74 Å². The third-order valence-electron chi connectivity index (χ3n) is 3.52. The van der Waals surface area contributed by atoms with Crippen molar-refractivity contribution >= 4 is 5.57 Å². The van der Waals surface area contributed by atoms with E-state index in [0.717, 1.165) is 18.7 Å². The molecule has 0 saturated heterocycles. The number of benzene rings is 1. The van der Waals surface area contributed by atoms with Crippen molar-refractivity contribution in [3.05, 3.63) is 47.7 Å². The normalized spacial score (nSPS) is 15.4. The number of aryl methyl sites for hydroxylation is 2. The highest BCUT2D eigenvalue weighted by Crippen LogP contribution is 2.26. The summed E-state index contributed by atoms with van der Waals surface area (Å²) in [6, 6.07) is 10.7. The largest absolute Gasteiger partial charge is 0.377 e. The van der Waals surface area contributed by atoms with Gasteiger partial charge in [-0.25, -0.2) is 0 Å². The number of nitrogens with zero attached hydrogens (tertiary/aromatic N) is 2. The van der Waals surface area contributed by atoms with E-state index in [2.05, 4.69) is 48.4 Å². The molecule has 0 spiro atoms. The number of rotatable bonds is 2. The Morgan fingerprint density at radius 1 is 1.21 bits per heavy atom. The average Bonchev–Trinajstić information content (AvgIpc) is 2.83. The Morgan fingerprint density at radius 3 is 2.68 bits per heavy atom. The minimum Gasteiger partial charge on any atom is -0.377 e. The maximum Gasteiger partial charge on any atom is 0.0929 e. The molecule has 0 radical (unpaired) electrons. The molecule has 0 unspecified atom stereocenters. The van der Waals surface area contributed by atoms with Crippen molar-refractivity contribution in [1.82, 2.24) is 9.78 Å². The van der Waals surface area contributed by atoms with Gasteiger partial charge in [0.1, 0.15) is 0 Å². The maximum absolute atomic E-state index is 5.36. The molecule has 2 heterocycles. The van der Waals surface area contributed by atoms with Gasteiger partial charge in [0.05, 0.1) is 24.6 Å². The van der Waals surface area contributed by atoms with E-state index in [9.17, 15) is 0 Å². The molecule has 0 saturated carbocycles. The Morgan fingerprint density at radius 2 is 2.00 bits per heavy atom. The van der Waals surface area contributed by atoms with Crippen molar-refractivity contribution in [2.75, 3.05) is 13.2 Å². The van der Waals surface area contributed by atoms with Gasteiger partial charge in [-0.2, -0.15) is 5.10 Å². The SMILES string of the molecule is Cc1ccc(-c2cc(C3=CCOCC3)n(C)n2)cc1. The van der Waals surface area contributed by atoms with E-state index >= 15 is 0 Å². The van der Waals surface area contributed by atoms with Gasteiger partial charge < -0.3 is 4.74 Å². The van der Waals surface area contributed by atoms with Crippen LogP contribution in [0.5, 0.6) is 0 Å². The number of ether oxygens (including phenoxy) is 1. The third kappa shape index (κ3) is 2.47. The van der Waals surface area contributed by atoms with Crippen LogP contribution in [0.2, 0.25) is 0 Å². The number of hydrogen-bond donors (Lipinski definition) is 0. The van der Waals surface area contributed by atoms with Gasteiger partial charge >= 0.3 is 0 Å². The lowest BCUT2D eigenvalue weighted by molar-refractivity contribution is 0.161. The molecule has 0 N–H and O–H groups in total. The smallest absolute Gasteiger partial charge is 0.0929 e. The molecule has 0 fully saturated rings. The standard InChI is InChI=1S/C16H18N2O/c1-12-3-5-13(6-4-12)15-11-16(18(2)17-15)14-7-9-19-10-8-14/h3-7,11H,8-10H2,1-2H3. The molecule has 98 valence electrons. The maximum atomic E-state index is 5.36. The Bertz CT molecular complexity index is 608. The molecular weight excluding hydrogens is 236 g/mol. The predicted octanol–water partition coefficient (Wildman–Crippen LogP) is 3.20. The summed E-state index contributed by atoms with van der Waals surface area (Å²) in [6.07, 6.45) is 3.12. The van der Waals surface area contributed by atoms with Crippen molar-refractivity contribution in [2.24, 2.45) is 7.05 Å². The molecule has 0 aliphatic carbocycles. The van der Waals surface area contributed by atoms with Crippen molar-refractivity contribution in [2.45, 2.75) is 13.3 Å². The first-order chi connectivity index (χ1) is 9.24. The molecule has 1 aliphatic heterocycles. The summed E-state index contributed by atoms with van der Waals surface area (Å²) in [7, 11) is 2.00. The van der Waals surface area contributed by atoms with E-state index < -0.39 is 0 Å². The van der Waals surface area contributed by atoms with E-state index in [1.165, 1.54) is 22.4 Å². The number of hydrogen-bond acceptors (Lipinski definition) is 2. The molecule has 1 aromatic carbocycles. The molecule has 2 aromatic rings. The zero-order valence-electron chi connectivity index (χ0n) is 11.4. The van der Waals surface area contributed by atoms with Crippen LogP contribution in [0.25, 0.3) is 16.8 Å². The quantitative estimate of drug-likeness (QED) is 0.823. The van der Waals surface area contributed by atoms with Gasteiger partial charge in [-0.3, -0.25) is 4.68 Å². The van der Waals surface area contributed by atoms with Crippen LogP contribution in [0, 0.1) is 6.92 Å². The first-order valence-electron chi connectivity index (χ1n) is 6.62. The Balaban J connectivity index is 1.97. The highest BCUT2D eigenvalue weighted by molar-refractivity contribution is 5.69. The van der Waals surface area contributed by atoms with Crippen LogP contribution in [0.4, 0.5) is 0 Å². The van der Waals surface area contributed by atoms with Gasteiger partial charge in [-0.15, -0.1) is 0 Å². The summed E-state index contributed by atoms with van der Waals surface area (Å²) >= 11 is 0. The lowest BCUT2D eigenvalue weighted by atomic mass is 10.1. The van der Waals surface area contributed by atoms with Crippen LogP contribution in [-0.2, 0) is 11.8 Å². The predicted molar refractivity (Wildman–Crippen MR) is 76.8 cm³/mol. The first-order valence-corrected chi connectivity index (χ1v) is 6.62. The fourth-order valence-electron chi connectivity index (χ4n) is 2.39. The Kier molecular flexibility index (Phi) is 3.22. The fourth-order valence-corrected chi connectivity index (χ4v) is 2.39. The molecule has 1 aromatic heterocycles. The highest BCUT2D eigenvalue weighted by Gasteiger charge is 2.13. The summed E-state index contributed by atoms with van der Waals surface area (Å²) in [6.45, 7) is 3.61. The summed E-state index contributed by atoms with van der Waals surface area (Å²) in [4.78, 5) is 0. The minimum atomic E-state index is 0.709. The van der Waals surface area contributed by atoms with Gasteiger partial charge in [0.15, 0.2) is 0 Å². The van der Waals surface area contributed by atoms with Crippen LogP contribution in [0.15, 0.2) is 36.4 Å². The van der Waals surface area contributed by atoms with Crippen LogP contribution in [0.3, 0.4) is 0 Å². The van der Waals surface area contributed by atoms with Crippen molar-refractivity contribution in [3.63, 3.8) is 0 Å².